The normalized spacial score (nSPS) is 10.9. The van der Waals surface area contributed by atoms with Gasteiger partial charge in [0.1, 0.15) is 11.8 Å². The predicted octanol–water partition coefficient (Wildman–Crippen LogP) is 4.21. The minimum absolute atomic E-state index is 0.0606. The van der Waals surface area contributed by atoms with Crippen molar-refractivity contribution < 1.29 is 28.5 Å². The van der Waals surface area contributed by atoms with Gasteiger partial charge in [-0.15, -0.1) is 0 Å². The zero-order chi connectivity index (χ0) is 24.9. The van der Waals surface area contributed by atoms with Crippen molar-refractivity contribution in [3.8, 4) is 17.4 Å². The molecule has 0 saturated carbocycles. The van der Waals surface area contributed by atoms with Gasteiger partial charge in [-0.3, -0.25) is 25.0 Å². The van der Waals surface area contributed by atoms with Gasteiger partial charge in [-0.2, -0.15) is 5.10 Å². The molecule has 0 radical (unpaired) electrons. The van der Waals surface area contributed by atoms with Crippen molar-refractivity contribution in [2.75, 3.05) is 7.11 Å². The summed E-state index contributed by atoms with van der Waals surface area (Å²) < 4.78 is 16.3. The van der Waals surface area contributed by atoms with E-state index in [9.17, 15) is 25.0 Å². The highest BCUT2D eigenvalue weighted by atomic mass is 16.6. The molecule has 176 valence electrons. The molecule has 4 rings (SSSR count). The number of pyridine rings is 1. The summed E-state index contributed by atoms with van der Waals surface area (Å²) in [5.74, 6) is 0.0790. The van der Waals surface area contributed by atoms with Crippen LogP contribution in [0.15, 0.2) is 70.3 Å². The van der Waals surface area contributed by atoms with E-state index in [0.717, 1.165) is 6.20 Å². The molecule has 13 heteroatoms. The third kappa shape index (κ3) is 5.19. The Morgan fingerprint density at radius 2 is 1.80 bits per heavy atom. The highest BCUT2D eigenvalue weighted by Gasteiger charge is 2.15. The van der Waals surface area contributed by atoms with Crippen LogP contribution in [0, 0.1) is 20.2 Å². The number of rotatable bonds is 8. The van der Waals surface area contributed by atoms with E-state index < -0.39 is 15.8 Å². The van der Waals surface area contributed by atoms with Gasteiger partial charge in [0.05, 0.1) is 23.2 Å². The van der Waals surface area contributed by atoms with Crippen molar-refractivity contribution >= 4 is 34.5 Å². The lowest BCUT2D eigenvalue weighted by Crippen LogP contribution is -2.16. The standard InChI is InChI=1S/C22H15N5O8/c1-33-19-8-13(2-5-18(19)35-21-7-4-16(12-23-21)27(31)32)11-24-25-22(28)20-10-14-9-15(26(29)30)3-6-17(14)34-20/h2-12H,1H3,(H,25,28)/b24-11+. The first-order chi connectivity index (χ1) is 16.8. The molecule has 2 heterocycles. The zero-order valence-corrected chi connectivity index (χ0v) is 17.9. The fraction of sp³-hybridized carbons (Fsp3) is 0.0455. The second-order valence-corrected chi connectivity index (χ2v) is 6.91. The average Bonchev–Trinajstić information content (AvgIpc) is 3.28. The third-order valence-electron chi connectivity index (χ3n) is 4.65. The fourth-order valence-electron chi connectivity index (χ4n) is 2.98. The SMILES string of the molecule is COc1cc(/C=N/NC(=O)c2cc3cc([N+](=O)[O-])ccc3o2)ccc1Oc1ccc([N+](=O)[O-])cn1. The number of benzene rings is 2. The number of methoxy groups -OCH3 is 1. The summed E-state index contributed by atoms with van der Waals surface area (Å²) in [5, 5.41) is 25.9. The summed E-state index contributed by atoms with van der Waals surface area (Å²) in [6.45, 7) is 0. The first kappa shape index (κ1) is 22.8. The molecule has 1 N–H and O–H groups in total. The molecule has 2 aromatic heterocycles. The Balaban J connectivity index is 1.43. The van der Waals surface area contributed by atoms with E-state index in [2.05, 4.69) is 15.5 Å². The van der Waals surface area contributed by atoms with Gasteiger partial charge in [-0.1, -0.05) is 0 Å². The summed E-state index contributed by atoms with van der Waals surface area (Å²) in [5.41, 5.74) is 2.92. The van der Waals surface area contributed by atoms with Crippen LogP contribution in [0.2, 0.25) is 0 Å². The van der Waals surface area contributed by atoms with E-state index in [4.69, 9.17) is 13.9 Å². The lowest BCUT2D eigenvalue weighted by molar-refractivity contribution is -0.385. The van der Waals surface area contributed by atoms with E-state index >= 15 is 0 Å². The van der Waals surface area contributed by atoms with Crippen LogP contribution in [-0.4, -0.2) is 34.1 Å². The quantitative estimate of drug-likeness (QED) is 0.221. The molecule has 0 unspecified atom stereocenters. The van der Waals surface area contributed by atoms with Crippen molar-refractivity contribution in [1.82, 2.24) is 10.4 Å². The first-order valence-electron chi connectivity index (χ1n) is 9.82. The fourth-order valence-corrected chi connectivity index (χ4v) is 2.98. The molecule has 0 spiro atoms. The minimum atomic E-state index is -0.642. The molecule has 0 fully saturated rings. The molecule has 0 aliphatic heterocycles. The highest BCUT2D eigenvalue weighted by molar-refractivity contribution is 5.97. The van der Waals surface area contributed by atoms with Gasteiger partial charge in [0.2, 0.25) is 5.88 Å². The van der Waals surface area contributed by atoms with Crippen molar-refractivity contribution in [3.05, 3.63) is 92.3 Å². The van der Waals surface area contributed by atoms with Crippen LogP contribution in [-0.2, 0) is 0 Å². The monoisotopic (exact) mass is 477 g/mol. The highest BCUT2D eigenvalue weighted by Crippen LogP contribution is 2.31. The Labute approximate surface area is 195 Å². The van der Waals surface area contributed by atoms with Crippen LogP contribution < -0.4 is 14.9 Å². The van der Waals surface area contributed by atoms with E-state index in [0.29, 0.717) is 28.0 Å². The topological polar surface area (TPSA) is 172 Å². The maximum atomic E-state index is 12.3. The number of nitro groups is 2. The van der Waals surface area contributed by atoms with Crippen molar-refractivity contribution in [3.63, 3.8) is 0 Å². The molecule has 2 aromatic carbocycles. The number of ether oxygens (including phenoxy) is 2. The van der Waals surface area contributed by atoms with Gasteiger partial charge in [0.15, 0.2) is 17.3 Å². The van der Waals surface area contributed by atoms with Crippen LogP contribution in [0.25, 0.3) is 11.0 Å². The molecule has 0 saturated heterocycles. The maximum absolute atomic E-state index is 12.3. The predicted molar refractivity (Wildman–Crippen MR) is 122 cm³/mol. The Kier molecular flexibility index (Phi) is 6.31. The van der Waals surface area contributed by atoms with Crippen LogP contribution in [0.5, 0.6) is 17.4 Å². The molecular formula is C22H15N5O8. The first-order valence-corrected chi connectivity index (χ1v) is 9.82. The number of fused-ring (bicyclic) bond motifs is 1. The molecule has 35 heavy (non-hydrogen) atoms. The van der Waals surface area contributed by atoms with Gasteiger partial charge in [-0.05, 0) is 35.9 Å². The van der Waals surface area contributed by atoms with E-state index in [1.54, 1.807) is 18.2 Å². The smallest absolute Gasteiger partial charge is 0.307 e. The lowest BCUT2D eigenvalue weighted by atomic mass is 10.2. The average molecular weight is 477 g/mol. The Morgan fingerprint density at radius 3 is 2.49 bits per heavy atom. The number of nitrogens with one attached hydrogen (secondary N) is 1. The number of hydrazone groups is 1. The number of hydrogen-bond acceptors (Lipinski definition) is 10. The second-order valence-electron chi connectivity index (χ2n) is 6.91. The number of non-ortho nitro benzene ring substituents is 1. The number of furan rings is 1. The van der Waals surface area contributed by atoms with Crippen molar-refractivity contribution in [2.24, 2.45) is 5.10 Å². The number of amides is 1. The maximum Gasteiger partial charge on any atom is 0.307 e. The van der Waals surface area contributed by atoms with E-state index in [-0.39, 0.29) is 23.0 Å². The number of nitro benzene ring substituents is 1. The number of carbonyl (C=O) groups excluding carboxylic acids is 1. The Bertz CT molecular complexity index is 1460. The summed E-state index contributed by atoms with van der Waals surface area (Å²) in [6.07, 6.45) is 2.44. The molecule has 13 nitrogen and oxygen atoms in total. The molecule has 1 amide bonds. The van der Waals surface area contributed by atoms with Crippen LogP contribution >= 0.6 is 0 Å². The number of nitrogens with zero attached hydrogens (tertiary/aromatic N) is 4. The molecule has 0 atom stereocenters. The van der Waals surface area contributed by atoms with Crippen molar-refractivity contribution in [2.45, 2.75) is 0 Å². The molecule has 0 aliphatic rings. The number of aromatic nitrogens is 1. The van der Waals surface area contributed by atoms with Crippen molar-refractivity contribution in [1.29, 1.82) is 0 Å². The van der Waals surface area contributed by atoms with E-state index in [1.165, 1.54) is 49.7 Å². The van der Waals surface area contributed by atoms with Crippen LogP contribution in [0.4, 0.5) is 11.4 Å². The Morgan fingerprint density at radius 1 is 1.03 bits per heavy atom. The summed E-state index contributed by atoms with van der Waals surface area (Å²) in [7, 11) is 1.43. The van der Waals surface area contributed by atoms with Gasteiger partial charge < -0.3 is 13.9 Å². The third-order valence-corrected chi connectivity index (χ3v) is 4.65. The van der Waals surface area contributed by atoms with Gasteiger partial charge >= 0.3 is 5.91 Å². The van der Waals surface area contributed by atoms with E-state index in [1.807, 2.05) is 0 Å². The second kappa shape index (κ2) is 9.66. The van der Waals surface area contributed by atoms with Gasteiger partial charge in [-0.25, -0.2) is 10.4 Å². The number of hydrogen-bond donors (Lipinski definition) is 1. The zero-order valence-electron chi connectivity index (χ0n) is 17.9. The van der Waals surface area contributed by atoms with Crippen LogP contribution in [0.1, 0.15) is 16.1 Å². The molecular weight excluding hydrogens is 462 g/mol. The Hall–Kier alpha value is -5.33. The molecule has 4 aromatic rings. The summed E-state index contributed by atoms with van der Waals surface area (Å²) >= 11 is 0. The van der Waals surface area contributed by atoms with Gasteiger partial charge in [0, 0.05) is 29.7 Å². The lowest BCUT2D eigenvalue weighted by Gasteiger charge is -2.10. The van der Waals surface area contributed by atoms with Crippen LogP contribution in [0.3, 0.4) is 0 Å². The summed E-state index contributed by atoms with van der Waals surface area (Å²) in [6, 6.07) is 12.8. The molecule has 0 bridgehead atoms. The summed E-state index contributed by atoms with van der Waals surface area (Å²) in [4.78, 5) is 36.7. The molecule has 0 aliphatic carbocycles. The number of carbonyl (C=O) groups is 1. The minimum Gasteiger partial charge on any atom is -0.493 e. The van der Waals surface area contributed by atoms with Gasteiger partial charge in [0.25, 0.3) is 11.4 Å². The largest absolute Gasteiger partial charge is 0.493 e.